The smallest absolute Gasteiger partial charge is 0.155 e. The second-order valence-corrected chi connectivity index (χ2v) is 8.17. The maximum atomic E-state index is 4.70. The van der Waals surface area contributed by atoms with Gasteiger partial charge < -0.3 is 4.90 Å². The number of benzene rings is 1. The summed E-state index contributed by atoms with van der Waals surface area (Å²) in [6, 6.07) is 8.45. The van der Waals surface area contributed by atoms with Crippen LogP contribution in [0.1, 0.15) is 16.8 Å². The van der Waals surface area contributed by atoms with Crippen molar-refractivity contribution in [2.24, 2.45) is 7.05 Å². The Morgan fingerprint density at radius 3 is 2.38 bits per heavy atom. The number of hydrogen-bond acceptors (Lipinski definition) is 7. The van der Waals surface area contributed by atoms with Crippen LogP contribution in [0.3, 0.4) is 0 Å². The highest BCUT2D eigenvalue weighted by atomic mass is 15.4. The van der Waals surface area contributed by atoms with Gasteiger partial charge in [-0.2, -0.15) is 5.10 Å². The summed E-state index contributed by atoms with van der Waals surface area (Å²) in [5, 5.41) is 12.3. The van der Waals surface area contributed by atoms with E-state index < -0.39 is 0 Å². The van der Waals surface area contributed by atoms with Crippen LogP contribution in [0.5, 0.6) is 0 Å². The van der Waals surface area contributed by atoms with Crippen molar-refractivity contribution in [3.05, 3.63) is 72.1 Å². The van der Waals surface area contributed by atoms with E-state index in [2.05, 4.69) is 61.4 Å². The summed E-state index contributed by atoms with van der Waals surface area (Å²) in [5.41, 5.74) is 5.70. The van der Waals surface area contributed by atoms with Gasteiger partial charge in [-0.15, -0.1) is 5.10 Å². The van der Waals surface area contributed by atoms with Crippen LogP contribution in [0.2, 0.25) is 0 Å². The molecule has 9 nitrogen and oxygen atoms in total. The fourth-order valence-corrected chi connectivity index (χ4v) is 4.10. The highest BCUT2D eigenvalue weighted by molar-refractivity contribution is 5.72. The van der Waals surface area contributed by atoms with Gasteiger partial charge in [0, 0.05) is 75.2 Å². The summed E-state index contributed by atoms with van der Waals surface area (Å²) in [7, 11) is 1.99. The van der Waals surface area contributed by atoms with Crippen LogP contribution < -0.4 is 4.90 Å². The Morgan fingerprint density at radius 2 is 1.69 bits per heavy atom. The monoisotopic (exact) mass is 429 g/mol. The zero-order valence-electron chi connectivity index (χ0n) is 18.5. The molecule has 1 saturated heterocycles. The topological polar surface area (TPSA) is 80.8 Å². The molecule has 0 atom stereocenters. The van der Waals surface area contributed by atoms with E-state index in [0.717, 1.165) is 49.8 Å². The predicted octanol–water partition coefficient (Wildman–Crippen LogP) is 2.15. The lowest BCUT2D eigenvalue weighted by molar-refractivity contribution is 0.249. The van der Waals surface area contributed by atoms with Crippen molar-refractivity contribution >= 4 is 5.82 Å². The molecule has 0 aliphatic carbocycles. The molecule has 1 aliphatic rings. The minimum absolute atomic E-state index is 0.700. The summed E-state index contributed by atoms with van der Waals surface area (Å²) in [4.78, 5) is 14.2. The zero-order valence-corrected chi connectivity index (χ0v) is 18.5. The first-order valence-corrected chi connectivity index (χ1v) is 10.9. The van der Waals surface area contributed by atoms with Gasteiger partial charge in [-0.05, 0) is 12.5 Å². The van der Waals surface area contributed by atoms with Crippen molar-refractivity contribution < 1.29 is 0 Å². The second kappa shape index (κ2) is 8.88. The minimum atomic E-state index is 0.700. The van der Waals surface area contributed by atoms with Gasteiger partial charge in [-0.3, -0.25) is 14.6 Å². The highest BCUT2D eigenvalue weighted by Crippen LogP contribution is 2.28. The van der Waals surface area contributed by atoms with E-state index in [1.807, 2.05) is 28.8 Å². The standard InChI is InChI=1S/C23H27N9/c1-18-21(15-27-29(18)2)17-30-11-13-31(14-12-30)23-22(24-7-8-25-23)20-5-3-19(4-6-20)16-32-10-9-26-28-32/h3-10,15H,11-14,16-17H2,1-2H3. The summed E-state index contributed by atoms with van der Waals surface area (Å²) >= 11 is 0. The van der Waals surface area contributed by atoms with Crippen LogP contribution in [0.15, 0.2) is 55.2 Å². The van der Waals surface area contributed by atoms with Gasteiger partial charge in [-0.25, -0.2) is 9.67 Å². The lowest BCUT2D eigenvalue weighted by Crippen LogP contribution is -2.46. The Kier molecular flexibility index (Phi) is 5.64. The first kappa shape index (κ1) is 20.3. The van der Waals surface area contributed by atoms with Crippen LogP contribution in [-0.2, 0) is 20.1 Å². The van der Waals surface area contributed by atoms with Crippen LogP contribution in [-0.4, -0.2) is 65.8 Å². The average Bonchev–Trinajstić information content (AvgIpc) is 3.46. The summed E-state index contributed by atoms with van der Waals surface area (Å²) in [6.45, 7) is 7.59. The van der Waals surface area contributed by atoms with Crippen LogP contribution in [0, 0.1) is 6.92 Å². The maximum absolute atomic E-state index is 4.70. The fraction of sp³-hybridized carbons (Fsp3) is 0.348. The number of piperazine rings is 1. The molecule has 0 spiro atoms. The molecule has 0 amide bonds. The van der Waals surface area contributed by atoms with Crippen molar-refractivity contribution in [3.63, 3.8) is 0 Å². The van der Waals surface area contributed by atoms with Crippen LogP contribution >= 0.6 is 0 Å². The van der Waals surface area contributed by atoms with Gasteiger partial charge in [0.2, 0.25) is 0 Å². The molecule has 5 rings (SSSR count). The first-order valence-electron chi connectivity index (χ1n) is 10.9. The molecule has 1 aliphatic heterocycles. The van der Waals surface area contributed by atoms with Crippen molar-refractivity contribution in [2.45, 2.75) is 20.0 Å². The van der Waals surface area contributed by atoms with Gasteiger partial charge >= 0.3 is 0 Å². The summed E-state index contributed by atoms with van der Waals surface area (Å²) < 4.78 is 3.75. The van der Waals surface area contributed by atoms with Gasteiger partial charge in [-0.1, -0.05) is 29.5 Å². The molecule has 0 saturated carbocycles. The van der Waals surface area contributed by atoms with E-state index in [0.29, 0.717) is 6.54 Å². The molecule has 164 valence electrons. The largest absolute Gasteiger partial charge is 0.352 e. The van der Waals surface area contributed by atoms with E-state index in [1.54, 1.807) is 18.6 Å². The Balaban J connectivity index is 1.27. The number of aryl methyl sites for hydroxylation is 1. The Hall–Kier alpha value is -3.59. The number of rotatable bonds is 6. The summed E-state index contributed by atoms with van der Waals surface area (Å²) in [6.07, 6.45) is 9.09. The Labute approximate surface area is 187 Å². The lowest BCUT2D eigenvalue weighted by atomic mass is 10.1. The highest BCUT2D eigenvalue weighted by Gasteiger charge is 2.22. The molecule has 1 aromatic carbocycles. The van der Waals surface area contributed by atoms with Crippen molar-refractivity contribution in [1.82, 2.24) is 39.6 Å². The van der Waals surface area contributed by atoms with Gasteiger partial charge in [0.25, 0.3) is 0 Å². The Morgan fingerprint density at radius 1 is 0.906 bits per heavy atom. The third-order valence-electron chi connectivity index (χ3n) is 6.13. The molecule has 0 unspecified atom stereocenters. The third kappa shape index (κ3) is 4.24. The average molecular weight is 430 g/mol. The Bertz CT molecular complexity index is 1160. The maximum Gasteiger partial charge on any atom is 0.155 e. The van der Waals surface area contributed by atoms with E-state index in [-0.39, 0.29) is 0 Å². The van der Waals surface area contributed by atoms with Crippen molar-refractivity contribution in [2.75, 3.05) is 31.1 Å². The quantitative estimate of drug-likeness (QED) is 0.465. The van der Waals surface area contributed by atoms with Gasteiger partial charge in [0.15, 0.2) is 5.82 Å². The second-order valence-electron chi connectivity index (χ2n) is 8.17. The number of nitrogens with zero attached hydrogens (tertiary/aromatic N) is 9. The first-order chi connectivity index (χ1) is 15.7. The van der Waals surface area contributed by atoms with E-state index in [1.165, 1.54) is 16.8 Å². The normalized spacial score (nSPS) is 14.8. The van der Waals surface area contributed by atoms with Gasteiger partial charge in [0.05, 0.1) is 18.9 Å². The lowest BCUT2D eigenvalue weighted by Gasteiger charge is -2.35. The molecular formula is C23H27N9. The molecule has 0 N–H and O–H groups in total. The SMILES string of the molecule is Cc1c(CN2CCN(c3nccnc3-c3ccc(Cn4ccnn4)cc3)CC2)cnn1C. The van der Waals surface area contributed by atoms with Crippen molar-refractivity contribution in [1.29, 1.82) is 0 Å². The van der Waals surface area contributed by atoms with E-state index in [9.17, 15) is 0 Å². The number of aromatic nitrogens is 7. The zero-order chi connectivity index (χ0) is 21.9. The molecule has 1 fully saturated rings. The van der Waals surface area contributed by atoms with Crippen molar-refractivity contribution in [3.8, 4) is 11.3 Å². The number of anilines is 1. The molecule has 4 aromatic rings. The molecule has 0 bridgehead atoms. The predicted molar refractivity (Wildman–Crippen MR) is 122 cm³/mol. The fourth-order valence-electron chi connectivity index (χ4n) is 4.10. The molecule has 32 heavy (non-hydrogen) atoms. The molecule has 0 radical (unpaired) electrons. The van der Waals surface area contributed by atoms with E-state index >= 15 is 0 Å². The molecule has 3 aromatic heterocycles. The molecular weight excluding hydrogens is 402 g/mol. The minimum Gasteiger partial charge on any atom is -0.352 e. The molecule has 9 heteroatoms. The van der Waals surface area contributed by atoms with Crippen LogP contribution in [0.4, 0.5) is 5.82 Å². The third-order valence-corrected chi connectivity index (χ3v) is 6.13. The number of hydrogen-bond donors (Lipinski definition) is 0. The van der Waals surface area contributed by atoms with Gasteiger partial charge in [0.1, 0.15) is 5.69 Å². The molecule has 4 heterocycles. The van der Waals surface area contributed by atoms with E-state index in [4.69, 9.17) is 4.98 Å². The van der Waals surface area contributed by atoms with Crippen LogP contribution in [0.25, 0.3) is 11.3 Å². The summed E-state index contributed by atoms with van der Waals surface area (Å²) in [5.74, 6) is 0.953.